The van der Waals surface area contributed by atoms with Gasteiger partial charge >= 0.3 is 12.1 Å². The van der Waals surface area contributed by atoms with E-state index in [1.165, 1.54) is 25.4 Å². The second-order valence-corrected chi connectivity index (χ2v) is 11.3. The molecule has 0 aliphatic carbocycles. The lowest BCUT2D eigenvalue weighted by Crippen LogP contribution is -2.37. The number of nitrogens with zero attached hydrogens (tertiary/aromatic N) is 2. The number of hydrogen-bond donors (Lipinski definition) is 3. The van der Waals surface area contributed by atoms with Crippen molar-refractivity contribution in [2.24, 2.45) is 0 Å². The predicted molar refractivity (Wildman–Crippen MR) is 144 cm³/mol. The van der Waals surface area contributed by atoms with Gasteiger partial charge in [-0.2, -0.15) is 18.2 Å². The van der Waals surface area contributed by atoms with E-state index in [9.17, 15) is 26.4 Å². The Hall–Kier alpha value is -3.58. The molecule has 14 heteroatoms. The molecule has 1 amide bonds. The van der Waals surface area contributed by atoms with Gasteiger partial charge in [0.25, 0.3) is 0 Å². The second kappa shape index (κ2) is 13.5. The second-order valence-electron chi connectivity index (χ2n) is 8.41. The topological polar surface area (TPSA) is 122 Å². The van der Waals surface area contributed by atoms with Crippen molar-refractivity contribution in [3.05, 3.63) is 71.2 Å². The third kappa shape index (κ3) is 8.72. The van der Waals surface area contributed by atoms with Crippen molar-refractivity contribution in [3.8, 4) is 0 Å². The third-order valence-electron chi connectivity index (χ3n) is 5.18. The van der Waals surface area contributed by atoms with Crippen molar-refractivity contribution < 1.29 is 31.1 Å². The summed E-state index contributed by atoms with van der Waals surface area (Å²) in [4.78, 5) is 19.6. The van der Waals surface area contributed by atoms with Crippen molar-refractivity contribution in [1.29, 1.82) is 0 Å². The Morgan fingerprint density at radius 1 is 1.26 bits per heavy atom. The molecule has 39 heavy (non-hydrogen) atoms. The summed E-state index contributed by atoms with van der Waals surface area (Å²) in [6, 6.07) is 6.33. The number of methoxy groups -OCH3 is 1. The Kier molecular flexibility index (Phi) is 10.9. The number of benzene rings is 1. The minimum atomic E-state index is -4.96. The van der Waals surface area contributed by atoms with Gasteiger partial charge in [-0.05, 0) is 51.5 Å². The van der Waals surface area contributed by atoms with Gasteiger partial charge < -0.3 is 20.7 Å². The van der Waals surface area contributed by atoms with Crippen LogP contribution in [-0.2, 0) is 19.4 Å². The molecule has 2 rings (SSSR count). The minimum Gasteiger partial charge on any atom is -0.495 e. The number of carbonyl (C=O) groups is 1. The lowest BCUT2D eigenvalue weighted by atomic mass is 10.1. The molecule has 1 aromatic heterocycles. The van der Waals surface area contributed by atoms with Crippen LogP contribution in [0, 0.1) is 0 Å². The molecule has 0 atom stereocenters. The van der Waals surface area contributed by atoms with Crippen LogP contribution >= 0.6 is 11.6 Å². The van der Waals surface area contributed by atoms with Gasteiger partial charge in [-0.3, -0.25) is 4.79 Å². The van der Waals surface area contributed by atoms with E-state index < -0.39 is 27.2 Å². The molecule has 0 spiro atoms. The Morgan fingerprint density at radius 3 is 2.51 bits per heavy atom. The number of ether oxygens (including phenoxy) is 1. The maximum Gasteiger partial charge on any atom is 0.471 e. The first-order chi connectivity index (χ1) is 18.2. The van der Waals surface area contributed by atoms with Crippen molar-refractivity contribution in [1.82, 2.24) is 15.3 Å². The summed E-state index contributed by atoms with van der Waals surface area (Å²) in [7, 11) is -2.22. The molecular formula is C25H29ClF3N5O4S. The molecule has 1 heterocycles. The molecule has 2 aromatic rings. The van der Waals surface area contributed by atoms with Crippen molar-refractivity contribution in [2.75, 3.05) is 24.3 Å². The zero-order chi connectivity index (χ0) is 29.4. The van der Waals surface area contributed by atoms with Crippen LogP contribution in [0.1, 0.15) is 27.2 Å². The average molecular weight is 588 g/mol. The summed E-state index contributed by atoms with van der Waals surface area (Å²) in [6.45, 7) is 8.25. The standard InChI is InChI=1S/C25H29ClF3N5O4S/c1-6-20(38-5)19(13-16(4)11-12-30-23(35)25(27,28)29)33-24-31-14-17(26)22(34-24)32-18-9-7-8-10-21(18)39(36,37)15(2)3/h6-10,13-15H,1,11-12H2,2-5H3,(H,30,35)(H2,31,32,33,34)/b16-13+,20-19-. The van der Waals surface area contributed by atoms with Crippen LogP contribution in [0.25, 0.3) is 0 Å². The Morgan fingerprint density at radius 2 is 1.92 bits per heavy atom. The van der Waals surface area contributed by atoms with E-state index in [1.54, 1.807) is 45.0 Å². The van der Waals surface area contributed by atoms with Crippen molar-refractivity contribution in [2.45, 2.75) is 43.5 Å². The zero-order valence-corrected chi connectivity index (χ0v) is 23.3. The van der Waals surface area contributed by atoms with Crippen LogP contribution in [0.2, 0.25) is 5.02 Å². The molecule has 0 aliphatic rings. The first-order valence-electron chi connectivity index (χ1n) is 11.5. The van der Waals surface area contributed by atoms with Gasteiger partial charge in [0.2, 0.25) is 5.95 Å². The maximum atomic E-state index is 12.8. The van der Waals surface area contributed by atoms with Crippen molar-refractivity contribution >= 4 is 44.8 Å². The van der Waals surface area contributed by atoms with E-state index in [0.29, 0.717) is 11.3 Å². The van der Waals surface area contributed by atoms with E-state index in [2.05, 4.69) is 27.2 Å². The van der Waals surface area contributed by atoms with Crippen LogP contribution in [-0.4, -0.2) is 49.4 Å². The molecule has 0 fully saturated rings. The van der Waals surface area contributed by atoms with E-state index in [1.807, 2.05) is 5.32 Å². The first-order valence-corrected chi connectivity index (χ1v) is 13.5. The molecular weight excluding hydrogens is 559 g/mol. The fourth-order valence-electron chi connectivity index (χ4n) is 3.10. The number of nitrogens with one attached hydrogen (secondary N) is 3. The number of para-hydroxylation sites is 1. The Labute approximate surface area is 230 Å². The van der Waals surface area contributed by atoms with Crippen LogP contribution in [0.5, 0.6) is 0 Å². The van der Waals surface area contributed by atoms with E-state index in [4.69, 9.17) is 16.3 Å². The van der Waals surface area contributed by atoms with Gasteiger partial charge in [0.05, 0.1) is 34.8 Å². The Bertz CT molecular complexity index is 1380. The monoisotopic (exact) mass is 587 g/mol. The van der Waals surface area contributed by atoms with E-state index >= 15 is 0 Å². The highest BCUT2D eigenvalue weighted by molar-refractivity contribution is 7.92. The predicted octanol–water partition coefficient (Wildman–Crippen LogP) is 5.53. The molecule has 3 N–H and O–H groups in total. The van der Waals surface area contributed by atoms with Gasteiger partial charge in [0, 0.05) is 6.54 Å². The lowest BCUT2D eigenvalue weighted by molar-refractivity contribution is -0.173. The number of hydrogen-bond acceptors (Lipinski definition) is 8. The molecule has 0 aliphatic heterocycles. The zero-order valence-electron chi connectivity index (χ0n) is 21.7. The number of amides is 1. The number of rotatable bonds is 12. The highest BCUT2D eigenvalue weighted by Crippen LogP contribution is 2.30. The number of anilines is 3. The number of aromatic nitrogens is 2. The molecule has 212 valence electrons. The number of carbonyl (C=O) groups excluding carboxylic acids is 1. The fraction of sp³-hybridized carbons (Fsp3) is 0.320. The average Bonchev–Trinajstić information content (AvgIpc) is 2.86. The largest absolute Gasteiger partial charge is 0.495 e. The van der Waals surface area contributed by atoms with Gasteiger partial charge in [0.1, 0.15) is 10.8 Å². The van der Waals surface area contributed by atoms with Gasteiger partial charge in [-0.15, -0.1) is 0 Å². The van der Waals surface area contributed by atoms with E-state index in [-0.39, 0.29) is 46.1 Å². The number of sulfone groups is 1. The maximum absolute atomic E-state index is 12.8. The van der Waals surface area contributed by atoms with Crippen LogP contribution in [0.4, 0.5) is 30.6 Å². The molecule has 0 unspecified atom stereocenters. The molecule has 9 nitrogen and oxygen atoms in total. The lowest BCUT2D eigenvalue weighted by Gasteiger charge is -2.16. The summed E-state index contributed by atoms with van der Waals surface area (Å²) in [6.07, 6.45) is -0.570. The minimum absolute atomic E-state index is 0.0481. The summed E-state index contributed by atoms with van der Waals surface area (Å²) in [5.74, 6) is -1.58. The molecule has 1 aromatic carbocycles. The molecule has 0 saturated heterocycles. The van der Waals surface area contributed by atoms with Crippen LogP contribution < -0.4 is 16.0 Å². The molecule has 0 bridgehead atoms. The van der Waals surface area contributed by atoms with Gasteiger partial charge in [0.15, 0.2) is 15.7 Å². The normalized spacial score (nSPS) is 13.0. The van der Waals surface area contributed by atoms with Gasteiger partial charge in [-0.1, -0.05) is 35.9 Å². The molecule has 0 saturated carbocycles. The van der Waals surface area contributed by atoms with E-state index in [0.717, 1.165) is 0 Å². The van der Waals surface area contributed by atoms with Crippen LogP contribution in [0.15, 0.2) is 71.1 Å². The highest BCUT2D eigenvalue weighted by atomic mass is 35.5. The fourth-order valence-corrected chi connectivity index (χ4v) is 4.44. The highest BCUT2D eigenvalue weighted by Gasteiger charge is 2.38. The summed E-state index contributed by atoms with van der Waals surface area (Å²) < 4.78 is 68.2. The molecule has 0 radical (unpaired) electrons. The number of allylic oxidation sites excluding steroid dienone is 2. The van der Waals surface area contributed by atoms with Gasteiger partial charge in [-0.25, -0.2) is 13.4 Å². The summed E-state index contributed by atoms with van der Waals surface area (Å²) in [5, 5.41) is 7.17. The summed E-state index contributed by atoms with van der Waals surface area (Å²) in [5.41, 5.74) is 1.19. The Balaban J connectivity index is 2.34. The first kappa shape index (κ1) is 31.6. The third-order valence-corrected chi connectivity index (χ3v) is 7.67. The SMILES string of the molecule is C=C/C(OC)=C(\C=C(/C)CCNC(=O)C(F)(F)F)Nc1ncc(Cl)c(Nc2ccccc2S(=O)(=O)C(C)C)n1. The van der Waals surface area contributed by atoms with Crippen LogP contribution in [0.3, 0.4) is 0 Å². The van der Waals surface area contributed by atoms with Crippen molar-refractivity contribution in [3.63, 3.8) is 0 Å². The number of halogens is 4. The quantitative estimate of drug-likeness (QED) is 0.219. The summed E-state index contributed by atoms with van der Waals surface area (Å²) >= 11 is 6.28. The number of alkyl halides is 3. The smallest absolute Gasteiger partial charge is 0.471 e.